The van der Waals surface area contributed by atoms with Gasteiger partial charge in [0.2, 0.25) is 5.91 Å². The third kappa shape index (κ3) is 2.39. The number of hydrogen-bond acceptors (Lipinski definition) is 2. The Morgan fingerprint density at radius 2 is 1.89 bits per heavy atom. The summed E-state index contributed by atoms with van der Waals surface area (Å²) < 4.78 is 0. The zero-order valence-electron chi connectivity index (χ0n) is 12.4. The normalized spacial score (nSPS) is 17.1. The van der Waals surface area contributed by atoms with Gasteiger partial charge in [0.1, 0.15) is 5.54 Å². The molecular weight excluding hydrogens is 236 g/mol. The van der Waals surface area contributed by atoms with Crippen LogP contribution in [0, 0.1) is 13.8 Å². The molecule has 0 atom stereocenters. The van der Waals surface area contributed by atoms with E-state index in [0.717, 1.165) is 42.6 Å². The van der Waals surface area contributed by atoms with E-state index in [-0.39, 0.29) is 11.4 Å². The zero-order chi connectivity index (χ0) is 14.0. The first-order chi connectivity index (χ1) is 9.01. The number of likely N-dealkylation sites (N-methyl/N-ethyl adjacent to an activating group) is 1. The summed E-state index contributed by atoms with van der Waals surface area (Å²) in [6.45, 7) is 7.09. The minimum Gasteiger partial charge on any atom is -0.324 e. The van der Waals surface area contributed by atoms with Crippen LogP contribution in [0.4, 0.5) is 5.69 Å². The molecule has 1 aliphatic rings. The molecule has 0 aliphatic heterocycles. The van der Waals surface area contributed by atoms with Gasteiger partial charge in [-0.25, -0.2) is 0 Å². The van der Waals surface area contributed by atoms with Crippen LogP contribution in [-0.2, 0) is 4.79 Å². The van der Waals surface area contributed by atoms with Crippen LogP contribution in [-0.4, -0.2) is 29.9 Å². The van der Waals surface area contributed by atoms with Crippen molar-refractivity contribution >= 4 is 11.6 Å². The third-order valence-electron chi connectivity index (χ3n) is 4.53. The lowest BCUT2D eigenvalue weighted by atomic mass is 9.74. The van der Waals surface area contributed by atoms with Gasteiger partial charge in [-0.3, -0.25) is 9.69 Å². The van der Waals surface area contributed by atoms with E-state index in [4.69, 9.17) is 0 Å². The Balaban J connectivity index is 2.21. The molecule has 1 amide bonds. The van der Waals surface area contributed by atoms with Crippen molar-refractivity contribution in [3.8, 4) is 0 Å². The molecule has 1 saturated carbocycles. The number of anilines is 1. The number of rotatable bonds is 4. The maximum atomic E-state index is 12.7. The highest BCUT2D eigenvalue weighted by atomic mass is 16.2. The van der Waals surface area contributed by atoms with Gasteiger partial charge in [-0.2, -0.15) is 0 Å². The van der Waals surface area contributed by atoms with Crippen LogP contribution in [0.15, 0.2) is 18.2 Å². The summed E-state index contributed by atoms with van der Waals surface area (Å²) >= 11 is 0. The second-order valence-electron chi connectivity index (χ2n) is 5.62. The first-order valence-electron chi connectivity index (χ1n) is 7.10. The second-order valence-corrected chi connectivity index (χ2v) is 5.62. The largest absolute Gasteiger partial charge is 0.324 e. The lowest BCUT2D eigenvalue weighted by Crippen LogP contribution is -2.59. The highest BCUT2D eigenvalue weighted by molar-refractivity contribution is 5.99. The lowest BCUT2D eigenvalue weighted by molar-refractivity contribution is -0.132. The molecule has 1 aromatic carbocycles. The van der Waals surface area contributed by atoms with Crippen molar-refractivity contribution in [2.75, 3.05) is 18.9 Å². The first kappa shape index (κ1) is 14.1. The minimum absolute atomic E-state index is 0.153. The standard InChI is InChI=1S/C16H24N2O/c1-5-18(4)16(10-7-11-16)15(19)17-14-12(2)8-6-9-13(14)3/h6,8-9H,5,7,10-11H2,1-4H3,(H,17,19). The van der Waals surface area contributed by atoms with Crippen LogP contribution >= 0.6 is 0 Å². The number of amides is 1. The fourth-order valence-electron chi connectivity index (χ4n) is 2.84. The average Bonchev–Trinajstić information content (AvgIpc) is 2.32. The SMILES string of the molecule is CCN(C)C1(C(=O)Nc2c(C)cccc2C)CCC1. The number of nitrogens with one attached hydrogen (secondary N) is 1. The van der Waals surface area contributed by atoms with Gasteiger partial charge in [-0.1, -0.05) is 25.1 Å². The number of nitrogens with zero attached hydrogens (tertiary/aromatic N) is 1. The molecule has 3 heteroatoms. The van der Waals surface area contributed by atoms with E-state index < -0.39 is 0 Å². The van der Waals surface area contributed by atoms with Gasteiger partial charge < -0.3 is 5.32 Å². The van der Waals surface area contributed by atoms with Crippen LogP contribution in [0.3, 0.4) is 0 Å². The van der Waals surface area contributed by atoms with E-state index in [2.05, 4.69) is 17.1 Å². The topological polar surface area (TPSA) is 32.3 Å². The molecule has 0 unspecified atom stereocenters. The molecule has 3 nitrogen and oxygen atoms in total. The smallest absolute Gasteiger partial charge is 0.244 e. The molecule has 0 aromatic heterocycles. The molecule has 1 fully saturated rings. The van der Waals surface area contributed by atoms with Crippen molar-refractivity contribution in [3.63, 3.8) is 0 Å². The predicted molar refractivity (Wildman–Crippen MR) is 79.4 cm³/mol. The summed E-state index contributed by atoms with van der Waals surface area (Å²) in [5.74, 6) is 0.153. The van der Waals surface area contributed by atoms with E-state index in [1.807, 2.05) is 39.1 Å². The molecule has 2 rings (SSSR count). The predicted octanol–water partition coefficient (Wildman–Crippen LogP) is 3.12. The van der Waals surface area contributed by atoms with Crippen molar-refractivity contribution in [2.24, 2.45) is 0 Å². The van der Waals surface area contributed by atoms with Crippen molar-refractivity contribution < 1.29 is 4.79 Å². The Bertz CT molecular complexity index is 457. The fourth-order valence-corrected chi connectivity index (χ4v) is 2.84. The molecule has 19 heavy (non-hydrogen) atoms. The molecule has 1 N–H and O–H groups in total. The Kier molecular flexibility index (Phi) is 3.95. The summed E-state index contributed by atoms with van der Waals surface area (Å²) in [7, 11) is 2.05. The maximum Gasteiger partial charge on any atom is 0.244 e. The average molecular weight is 260 g/mol. The number of aryl methyl sites for hydroxylation is 2. The first-order valence-corrected chi connectivity index (χ1v) is 7.10. The molecule has 1 aliphatic carbocycles. The van der Waals surface area contributed by atoms with Crippen LogP contribution in [0.25, 0.3) is 0 Å². The van der Waals surface area contributed by atoms with Gasteiger partial charge in [0, 0.05) is 5.69 Å². The van der Waals surface area contributed by atoms with E-state index in [9.17, 15) is 4.79 Å². The highest BCUT2D eigenvalue weighted by Gasteiger charge is 2.47. The van der Waals surface area contributed by atoms with Crippen LogP contribution in [0.2, 0.25) is 0 Å². The summed E-state index contributed by atoms with van der Waals surface area (Å²) in [4.78, 5) is 14.8. The number of hydrogen-bond donors (Lipinski definition) is 1. The van der Waals surface area contributed by atoms with Gasteiger partial charge >= 0.3 is 0 Å². The van der Waals surface area contributed by atoms with Gasteiger partial charge in [0.05, 0.1) is 0 Å². The summed E-state index contributed by atoms with van der Waals surface area (Å²) in [6.07, 6.45) is 3.08. The monoisotopic (exact) mass is 260 g/mol. The van der Waals surface area contributed by atoms with Crippen molar-refractivity contribution in [2.45, 2.75) is 45.6 Å². The van der Waals surface area contributed by atoms with Gasteiger partial charge in [0.25, 0.3) is 0 Å². The summed E-state index contributed by atoms with van der Waals surface area (Å²) in [5, 5.41) is 3.16. The Morgan fingerprint density at radius 1 is 1.32 bits per heavy atom. The van der Waals surface area contributed by atoms with Crippen molar-refractivity contribution in [1.82, 2.24) is 4.90 Å². The molecule has 0 heterocycles. The van der Waals surface area contributed by atoms with Crippen molar-refractivity contribution in [3.05, 3.63) is 29.3 Å². The molecule has 0 radical (unpaired) electrons. The zero-order valence-corrected chi connectivity index (χ0v) is 12.4. The molecule has 1 aromatic rings. The molecule has 0 saturated heterocycles. The van der Waals surface area contributed by atoms with Crippen LogP contribution in [0.5, 0.6) is 0 Å². The number of benzene rings is 1. The Hall–Kier alpha value is -1.35. The maximum absolute atomic E-state index is 12.7. The summed E-state index contributed by atoms with van der Waals surface area (Å²) in [6, 6.07) is 6.11. The minimum atomic E-state index is -0.288. The third-order valence-corrected chi connectivity index (χ3v) is 4.53. The number of para-hydroxylation sites is 1. The second kappa shape index (κ2) is 5.33. The molecule has 104 valence electrons. The summed E-state index contributed by atoms with van der Waals surface area (Å²) in [5.41, 5.74) is 2.94. The fraction of sp³-hybridized carbons (Fsp3) is 0.562. The lowest BCUT2D eigenvalue weighted by Gasteiger charge is -2.46. The van der Waals surface area contributed by atoms with E-state index in [1.165, 1.54) is 0 Å². The van der Waals surface area contributed by atoms with Crippen LogP contribution < -0.4 is 5.32 Å². The van der Waals surface area contributed by atoms with Crippen LogP contribution in [0.1, 0.15) is 37.3 Å². The number of carbonyl (C=O) groups excluding carboxylic acids is 1. The molecule has 0 spiro atoms. The Morgan fingerprint density at radius 3 is 2.32 bits per heavy atom. The van der Waals surface area contributed by atoms with Gasteiger partial charge in [-0.05, 0) is 57.8 Å². The molecular formula is C16H24N2O. The van der Waals surface area contributed by atoms with Gasteiger partial charge in [-0.15, -0.1) is 0 Å². The van der Waals surface area contributed by atoms with E-state index >= 15 is 0 Å². The quantitative estimate of drug-likeness (QED) is 0.902. The van der Waals surface area contributed by atoms with Gasteiger partial charge in [0.15, 0.2) is 0 Å². The Labute approximate surface area is 116 Å². The number of carbonyl (C=O) groups is 1. The van der Waals surface area contributed by atoms with E-state index in [1.54, 1.807) is 0 Å². The van der Waals surface area contributed by atoms with E-state index in [0.29, 0.717) is 0 Å². The molecule has 0 bridgehead atoms. The highest BCUT2D eigenvalue weighted by Crippen LogP contribution is 2.38. The van der Waals surface area contributed by atoms with Crippen molar-refractivity contribution in [1.29, 1.82) is 0 Å².